The Bertz CT molecular complexity index is 890. The molecule has 0 fully saturated rings. The first-order chi connectivity index (χ1) is 17.3. The van der Waals surface area contributed by atoms with Gasteiger partial charge in [0.1, 0.15) is 14.0 Å². The second-order valence-corrected chi connectivity index (χ2v) is 11.3. The lowest BCUT2D eigenvalue weighted by Crippen LogP contribution is -2.24. The quantitative estimate of drug-likeness (QED) is 0.166. The van der Waals surface area contributed by atoms with Crippen LogP contribution in [0.2, 0.25) is 0 Å². The van der Waals surface area contributed by atoms with Gasteiger partial charge < -0.3 is 9.84 Å². The van der Waals surface area contributed by atoms with E-state index in [0.29, 0.717) is 38.5 Å². The van der Waals surface area contributed by atoms with Crippen molar-refractivity contribution in [3.8, 4) is 0 Å². The molecule has 1 heterocycles. The summed E-state index contributed by atoms with van der Waals surface area (Å²) in [6.07, 6.45) is 20.6. The van der Waals surface area contributed by atoms with Crippen molar-refractivity contribution in [1.82, 2.24) is 0 Å². The molecule has 36 heavy (non-hydrogen) atoms. The Morgan fingerprint density at radius 1 is 1.28 bits per heavy atom. The molecule has 1 rings (SSSR count). The van der Waals surface area contributed by atoms with E-state index in [2.05, 4.69) is 11.0 Å². The highest BCUT2D eigenvalue weighted by atomic mass is 32.7. The highest BCUT2D eigenvalue weighted by molar-refractivity contribution is 8.49. The number of hydrogen-bond donors (Lipinski definition) is 1. The van der Waals surface area contributed by atoms with Gasteiger partial charge in [-0.3, -0.25) is 4.79 Å². The second kappa shape index (κ2) is 19.1. The van der Waals surface area contributed by atoms with Gasteiger partial charge >= 0.3 is 5.97 Å². The Morgan fingerprint density at radius 3 is 2.78 bits per heavy atom. The van der Waals surface area contributed by atoms with Gasteiger partial charge in [0.05, 0.1) is 11.4 Å². The number of aliphatic hydroxyl groups excluding tert-OH is 1. The van der Waals surface area contributed by atoms with E-state index in [0.717, 1.165) is 11.1 Å². The van der Waals surface area contributed by atoms with Crippen molar-refractivity contribution in [2.75, 3.05) is 0 Å². The van der Waals surface area contributed by atoms with Crippen molar-refractivity contribution in [3.05, 3.63) is 76.8 Å². The van der Waals surface area contributed by atoms with Crippen LogP contribution in [-0.4, -0.2) is 34.3 Å². The first-order valence-corrected chi connectivity index (χ1v) is 14.9. The van der Waals surface area contributed by atoms with Crippen molar-refractivity contribution < 1.29 is 19.4 Å². The van der Waals surface area contributed by atoms with E-state index in [1.165, 1.54) is 23.5 Å². The zero-order valence-electron chi connectivity index (χ0n) is 21.8. The fourth-order valence-electron chi connectivity index (χ4n) is 3.70. The fraction of sp³-hybridized carbons (Fsp3) is 0.500. The van der Waals surface area contributed by atoms with E-state index in [1.807, 2.05) is 58.1 Å². The minimum Gasteiger partial charge on any atom is -0.458 e. The third kappa shape index (κ3) is 14.5. The van der Waals surface area contributed by atoms with Crippen molar-refractivity contribution in [2.45, 2.75) is 83.7 Å². The molecule has 0 aliphatic carbocycles. The number of carbonyl (C=O) groups is 2. The van der Waals surface area contributed by atoms with E-state index in [-0.39, 0.29) is 37.0 Å². The molecule has 0 spiro atoms. The maximum Gasteiger partial charge on any atom is 0.330 e. The predicted molar refractivity (Wildman–Crippen MR) is 153 cm³/mol. The van der Waals surface area contributed by atoms with Crippen molar-refractivity contribution in [3.63, 3.8) is 0 Å². The van der Waals surface area contributed by atoms with Crippen LogP contribution in [0.3, 0.4) is 0 Å². The molecule has 0 saturated carbocycles. The number of ether oxygens (including phenoxy) is 1. The summed E-state index contributed by atoms with van der Waals surface area (Å²) in [7, 11) is -0.234. The number of ketones is 1. The molecule has 1 N–H and O–H groups in total. The average Bonchev–Trinajstić information content (AvgIpc) is 2.82. The minimum atomic E-state index is -0.687. The normalized spacial score (nSPS) is 29.3. The molecule has 0 saturated heterocycles. The highest BCUT2D eigenvalue weighted by Crippen LogP contribution is 2.37. The van der Waals surface area contributed by atoms with E-state index in [1.54, 1.807) is 12.2 Å². The number of esters is 1. The lowest BCUT2D eigenvalue weighted by Gasteiger charge is -2.22. The topological polar surface area (TPSA) is 93.0 Å². The van der Waals surface area contributed by atoms with Crippen LogP contribution < -0.4 is 0 Å². The Labute approximate surface area is 221 Å². The largest absolute Gasteiger partial charge is 0.458 e. The lowest BCUT2D eigenvalue weighted by atomic mass is 9.95. The zero-order valence-corrected chi connectivity index (χ0v) is 23.6. The first-order valence-electron chi connectivity index (χ1n) is 12.4. The first kappa shape index (κ1) is 31.9. The number of allylic oxidation sites excluding steroid dienone is 8. The van der Waals surface area contributed by atoms with Gasteiger partial charge in [-0.1, -0.05) is 78.1 Å². The van der Waals surface area contributed by atoms with Crippen LogP contribution in [0.25, 0.3) is 0 Å². The van der Waals surface area contributed by atoms with Gasteiger partial charge in [0.15, 0.2) is 5.78 Å². The van der Waals surface area contributed by atoms with Gasteiger partial charge in [-0.05, 0) is 57.5 Å². The Morgan fingerprint density at radius 2 is 2.06 bits per heavy atom. The number of rotatable bonds is 6. The number of cyclic esters (lactones) is 1. The molecule has 0 aromatic rings. The molecule has 5 atom stereocenters. The third-order valence-corrected chi connectivity index (χ3v) is 7.88. The second-order valence-electron chi connectivity index (χ2n) is 8.92. The number of nitrogens with zero attached hydrogens (tertiary/aromatic N) is 1. The molecular formula is C28H40NO5PS. The maximum absolute atomic E-state index is 12.5. The van der Waals surface area contributed by atoms with Gasteiger partial charge in [0.25, 0.3) is 0 Å². The van der Waals surface area contributed by atoms with Crippen LogP contribution in [-0.2, 0) is 14.3 Å². The molecule has 6 nitrogen and oxygen atoms in total. The number of nitroso groups, excluding NO2 is 1. The molecule has 0 aromatic heterocycles. The third-order valence-electron chi connectivity index (χ3n) is 5.60. The number of carbonyl (C=O) groups excluding carboxylic acids is 2. The van der Waals surface area contributed by atoms with E-state index >= 15 is 0 Å². The highest BCUT2D eigenvalue weighted by Gasteiger charge is 2.20. The maximum atomic E-state index is 12.5. The van der Waals surface area contributed by atoms with Crippen LogP contribution >= 0.6 is 19.3 Å². The Balaban J connectivity index is 3.07. The smallest absolute Gasteiger partial charge is 0.330 e. The standard InChI is InChI=1S/C28H40NO5PS/c1-5-12-21(2)19-23(4)26-20-22(3)13-8-6-10-15-25(31)27(36-35-29-33)18-17-24(30)14-9-7-11-16-28(32)34-26/h5-6,8,11-13,16-19,23,25-27,31,35H,7,9-10,14-15,20H2,1-4H3/b8-6+,12-5+,16-11+,18-17+,21-19+,22-13+/t23-,25-,26-,27-/m1/s1. The van der Waals surface area contributed by atoms with Crippen molar-refractivity contribution >= 4 is 31.1 Å². The summed E-state index contributed by atoms with van der Waals surface area (Å²) in [5, 5.41) is 10.2. The fourth-order valence-corrected chi connectivity index (χ4v) is 5.51. The van der Waals surface area contributed by atoms with Gasteiger partial charge in [-0.15, -0.1) is 4.91 Å². The average molecular weight is 534 g/mol. The minimum absolute atomic E-state index is 0.0271. The van der Waals surface area contributed by atoms with Gasteiger partial charge in [0, 0.05) is 24.8 Å². The zero-order chi connectivity index (χ0) is 26.8. The van der Waals surface area contributed by atoms with Crippen LogP contribution in [0.15, 0.2) is 76.9 Å². The summed E-state index contributed by atoms with van der Waals surface area (Å²) in [5.74, 6) is -0.413. The molecule has 1 aliphatic rings. The molecule has 1 unspecified atom stereocenters. The van der Waals surface area contributed by atoms with E-state index in [9.17, 15) is 19.6 Å². The summed E-state index contributed by atoms with van der Waals surface area (Å²) >= 11 is 1.25. The lowest BCUT2D eigenvalue weighted by molar-refractivity contribution is -0.144. The van der Waals surface area contributed by atoms with Crippen molar-refractivity contribution in [1.29, 1.82) is 0 Å². The van der Waals surface area contributed by atoms with Crippen LogP contribution in [0.1, 0.15) is 66.2 Å². The van der Waals surface area contributed by atoms with Crippen molar-refractivity contribution in [2.24, 2.45) is 10.9 Å². The number of hydrogen-bond acceptors (Lipinski definition) is 7. The summed E-state index contributed by atoms with van der Waals surface area (Å²) < 4.78 is 5.82. The van der Waals surface area contributed by atoms with E-state index < -0.39 is 6.10 Å². The van der Waals surface area contributed by atoms with Gasteiger partial charge in [0.2, 0.25) is 0 Å². The molecule has 198 valence electrons. The van der Waals surface area contributed by atoms with Crippen LogP contribution in [0.5, 0.6) is 0 Å². The van der Waals surface area contributed by atoms with Crippen LogP contribution in [0.4, 0.5) is 0 Å². The Kier molecular flexibility index (Phi) is 16.9. The predicted octanol–water partition coefficient (Wildman–Crippen LogP) is 7.33. The summed E-state index contributed by atoms with van der Waals surface area (Å²) in [4.78, 5) is 38.2. The molecule has 0 bridgehead atoms. The summed E-state index contributed by atoms with van der Waals surface area (Å²) in [6.45, 7) is 8.06. The van der Waals surface area contributed by atoms with Crippen LogP contribution in [0, 0.1) is 10.8 Å². The molecule has 8 heteroatoms. The number of aliphatic hydroxyl groups is 1. The molecule has 0 aromatic carbocycles. The SMILES string of the molecule is C/C=C/C(C)=C/[C@@H](C)[C@H]1C/C(C)=C/C=C/CC[C@@H](O)[C@H](SPN=O)/C=C/C(=O)CCC/C=C/C(=O)O1. The summed E-state index contributed by atoms with van der Waals surface area (Å²) in [5.41, 5.74) is 2.20. The van der Waals surface area contributed by atoms with Gasteiger partial charge in [-0.2, -0.15) is 0 Å². The Hall–Kier alpha value is -2.08. The monoisotopic (exact) mass is 533 g/mol. The molecule has 1 aliphatic heterocycles. The molecule has 0 amide bonds. The molecular weight excluding hydrogens is 493 g/mol. The van der Waals surface area contributed by atoms with Gasteiger partial charge in [-0.25, -0.2) is 4.79 Å². The van der Waals surface area contributed by atoms with E-state index in [4.69, 9.17) is 4.74 Å². The molecule has 0 radical (unpaired) electrons. The summed E-state index contributed by atoms with van der Waals surface area (Å²) in [6, 6.07) is 0.